The van der Waals surface area contributed by atoms with Crippen molar-refractivity contribution >= 4 is 11.6 Å². The van der Waals surface area contributed by atoms with Gasteiger partial charge in [0.25, 0.3) is 5.91 Å². The highest BCUT2D eigenvalue weighted by atomic mass is 19.4. The zero-order valence-electron chi connectivity index (χ0n) is 12.6. The number of nitrogens with one attached hydrogen (secondary N) is 1. The molecule has 0 radical (unpaired) electrons. The van der Waals surface area contributed by atoms with Gasteiger partial charge >= 0.3 is 6.18 Å². The van der Waals surface area contributed by atoms with Crippen LogP contribution < -0.4 is 10.2 Å². The minimum absolute atomic E-state index is 0.151. The normalized spacial score (nSPS) is 23.3. The zero-order chi connectivity index (χ0) is 16.6. The van der Waals surface area contributed by atoms with Gasteiger partial charge in [-0.1, -0.05) is 13.3 Å². The molecule has 0 aromatic heterocycles. The molecule has 1 heterocycles. The molecule has 2 unspecified atom stereocenters. The predicted molar refractivity (Wildman–Crippen MR) is 78.7 cm³/mol. The highest BCUT2D eigenvalue weighted by Crippen LogP contribution is 2.34. The van der Waals surface area contributed by atoms with Crippen molar-refractivity contribution in [3.8, 4) is 0 Å². The lowest BCUT2D eigenvalue weighted by Crippen LogP contribution is -2.26. The van der Waals surface area contributed by atoms with E-state index in [0.29, 0.717) is 17.2 Å². The maximum atomic E-state index is 12.5. The fourth-order valence-corrected chi connectivity index (χ4v) is 2.59. The van der Waals surface area contributed by atoms with E-state index in [0.717, 1.165) is 19.0 Å². The Morgan fingerprint density at radius 1 is 1.35 bits per heavy atom. The summed E-state index contributed by atoms with van der Waals surface area (Å²) >= 11 is 0. The van der Waals surface area contributed by atoms with E-state index >= 15 is 0 Å². The molecule has 1 saturated carbocycles. The van der Waals surface area contributed by atoms with Gasteiger partial charge in [0.2, 0.25) is 5.76 Å². The molecule has 1 aromatic rings. The Hall–Kier alpha value is -2.18. The van der Waals surface area contributed by atoms with E-state index in [1.54, 1.807) is 24.3 Å². The number of amides is 1. The van der Waals surface area contributed by atoms with Crippen LogP contribution in [0, 0.1) is 5.92 Å². The first-order valence-electron chi connectivity index (χ1n) is 7.48. The molecule has 124 valence electrons. The molecule has 1 aliphatic carbocycles. The molecule has 1 N–H and O–H groups in total. The third-order valence-electron chi connectivity index (χ3n) is 4.14. The second kappa shape index (κ2) is 5.79. The summed E-state index contributed by atoms with van der Waals surface area (Å²) in [6, 6.07) is 6.67. The molecule has 1 aliphatic heterocycles. The Morgan fingerprint density at radius 3 is 2.57 bits per heavy atom. The van der Waals surface area contributed by atoms with Crippen LogP contribution in [-0.2, 0) is 4.74 Å². The van der Waals surface area contributed by atoms with E-state index in [1.165, 1.54) is 4.90 Å². The van der Waals surface area contributed by atoms with E-state index in [4.69, 9.17) is 0 Å². The fourth-order valence-electron chi connectivity index (χ4n) is 2.59. The number of hydrogen-bond donors (Lipinski definition) is 1. The molecule has 3 rings (SSSR count). The first kappa shape index (κ1) is 15.7. The summed E-state index contributed by atoms with van der Waals surface area (Å²) < 4.78 is 42.2. The Balaban J connectivity index is 1.64. The number of hydrogen-bond acceptors (Lipinski definition) is 3. The van der Waals surface area contributed by atoms with Gasteiger partial charge in [0.15, 0.2) is 6.73 Å². The number of carbonyl (C=O) groups is 1. The number of allylic oxidation sites excluding steroid dienone is 1. The van der Waals surface area contributed by atoms with Gasteiger partial charge in [0, 0.05) is 17.3 Å². The number of alkyl halides is 3. The van der Waals surface area contributed by atoms with Gasteiger partial charge in [0.1, 0.15) is 0 Å². The lowest BCUT2D eigenvalue weighted by atomic mass is 10.2. The minimum atomic E-state index is -4.49. The number of rotatable bonds is 4. The Labute approximate surface area is 131 Å². The Morgan fingerprint density at radius 2 is 2.04 bits per heavy atom. The van der Waals surface area contributed by atoms with Gasteiger partial charge < -0.3 is 15.0 Å². The van der Waals surface area contributed by atoms with Crippen molar-refractivity contribution in [1.82, 2.24) is 5.32 Å². The van der Waals surface area contributed by atoms with E-state index < -0.39 is 11.9 Å². The highest BCUT2D eigenvalue weighted by molar-refractivity contribution is 5.95. The number of halogens is 3. The largest absolute Gasteiger partial charge is 0.466 e. The standard InChI is InChI=1S/C16H17F3N2O2/c1-2-10-7-13(10)20-15(22)11-3-5-12(6-4-11)21-8-14(23-9-21)16(17,18)19/h3-6,8,10,13H,2,7,9H2,1H3,(H,20,22). The second-order valence-electron chi connectivity index (χ2n) is 5.77. The van der Waals surface area contributed by atoms with E-state index in [2.05, 4.69) is 17.0 Å². The molecule has 4 nitrogen and oxygen atoms in total. The predicted octanol–water partition coefficient (Wildman–Crippen LogP) is 3.41. The van der Waals surface area contributed by atoms with Crippen LogP contribution in [0.3, 0.4) is 0 Å². The molecular formula is C16H17F3N2O2. The van der Waals surface area contributed by atoms with Crippen LogP contribution in [0.2, 0.25) is 0 Å². The molecule has 2 atom stereocenters. The summed E-state index contributed by atoms with van der Waals surface area (Å²) in [5.74, 6) is -0.605. The number of anilines is 1. The molecule has 0 bridgehead atoms. The van der Waals surface area contributed by atoms with Gasteiger partial charge in [-0.15, -0.1) is 0 Å². The average Bonchev–Trinajstić information content (AvgIpc) is 3.06. The van der Waals surface area contributed by atoms with Gasteiger partial charge in [-0.3, -0.25) is 4.79 Å². The van der Waals surface area contributed by atoms with Crippen molar-refractivity contribution in [2.45, 2.75) is 32.0 Å². The maximum Gasteiger partial charge on any atom is 0.450 e. The lowest BCUT2D eigenvalue weighted by molar-refractivity contribution is -0.126. The van der Waals surface area contributed by atoms with Gasteiger partial charge in [-0.25, -0.2) is 0 Å². The number of carbonyl (C=O) groups excluding carboxylic acids is 1. The van der Waals surface area contributed by atoms with E-state index in [9.17, 15) is 18.0 Å². The van der Waals surface area contributed by atoms with Crippen molar-refractivity contribution in [2.24, 2.45) is 5.92 Å². The van der Waals surface area contributed by atoms with Crippen LogP contribution in [0.5, 0.6) is 0 Å². The SMILES string of the molecule is CCC1CC1NC(=O)c1ccc(N2C=C(C(F)(F)F)OC2)cc1. The van der Waals surface area contributed by atoms with Gasteiger partial charge in [-0.2, -0.15) is 13.2 Å². The van der Waals surface area contributed by atoms with E-state index in [-0.39, 0.29) is 18.7 Å². The Kier molecular flexibility index (Phi) is 3.95. The smallest absolute Gasteiger partial charge is 0.450 e. The molecule has 1 amide bonds. The number of ether oxygens (including phenoxy) is 1. The number of benzene rings is 1. The van der Waals surface area contributed by atoms with Crippen LogP contribution in [0.1, 0.15) is 30.1 Å². The average molecular weight is 326 g/mol. The molecule has 0 saturated heterocycles. The summed E-state index contributed by atoms with van der Waals surface area (Å²) in [5.41, 5.74) is 1.04. The Bertz CT molecular complexity index is 625. The quantitative estimate of drug-likeness (QED) is 0.922. The van der Waals surface area contributed by atoms with Crippen LogP contribution >= 0.6 is 0 Å². The lowest BCUT2D eigenvalue weighted by Gasteiger charge is -2.13. The maximum absolute atomic E-state index is 12.5. The van der Waals surface area contributed by atoms with Crippen molar-refractivity contribution < 1.29 is 22.7 Å². The second-order valence-corrected chi connectivity index (χ2v) is 5.77. The third kappa shape index (κ3) is 3.43. The van der Waals surface area contributed by atoms with Crippen molar-refractivity contribution in [1.29, 1.82) is 0 Å². The molecule has 1 aromatic carbocycles. The highest BCUT2D eigenvalue weighted by Gasteiger charge is 2.39. The molecular weight excluding hydrogens is 309 g/mol. The van der Waals surface area contributed by atoms with Gasteiger partial charge in [-0.05, 0) is 36.6 Å². The first-order chi connectivity index (χ1) is 10.9. The van der Waals surface area contributed by atoms with Gasteiger partial charge in [0.05, 0.1) is 6.20 Å². The summed E-state index contributed by atoms with van der Waals surface area (Å²) in [5, 5.41) is 2.95. The minimum Gasteiger partial charge on any atom is -0.466 e. The third-order valence-corrected chi connectivity index (χ3v) is 4.14. The summed E-state index contributed by atoms with van der Waals surface area (Å²) in [7, 11) is 0. The molecule has 7 heteroatoms. The van der Waals surface area contributed by atoms with Crippen LogP contribution in [0.15, 0.2) is 36.2 Å². The number of nitrogens with zero attached hydrogens (tertiary/aromatic N) is 1. The van der Waals surface area contributed by atoms with Crippen LogP contribution in [0.25, 0.3) is 0 Å². The summed E-state index contributed by atoms with van der Waals surface area (Å²) in [6.07, 6.45) is -1.51. The molecule has 23 heavy (non-hydrogen) atoms. The summed E-state index contributed by atoms with van der Waals surface area (Å²) in [6.45, 7) is 1.90. The van der Waals surface area contributed by atoms with Crippen molar-refractivity contribution in [3.63, 3.8) is 0 Å². The molecule has 1 fully saturated rings. The molecule has 0 spiro atoms. The summed E-state index contributed by atoms with van der Waals surface area (Å²) in [4.78, 5) is 13.4. The van der Waals surface area contributed by atoms with Crippen LogP contribution in [-0.4, -0.2) is 24.9 Å². The fraction of sp³-hybridized carbons (Fsp3) is 0.438. The van der Waals surface area contributed by atoms with Crippen LogP contribution in [0.4, 0.5) is 18.9 Å². The topological polar surface area (TPSA) is 41.6 Å². The van der Waals surface area contributed by atoms with E-state index in [1.807, 2.05) is 0 Å². The monoisotopic (exact) mass is 326 g/mol. The van der Waals surface area contributed by atoms with Crippen molar-refractivity contribution in [3.05, 3.63) is 41.8 Å². The first-order valence-corrected chi connectivity index (χ1v) is 7.48. The van der Waals surface area contributed by atoms with Crippen molar-refractivity contribution in [2.75, 3.05) is 11.6 Å². The zero-order valence-corrected chi connectivity index (χ0v) is 12.6. The molecule has 2 aliphatic rings.